The first-order chi connectivity index (χ1) is 6.42. The minimum atomic E-state index is 0. The summed E-state index contributed by atoms with van der Waals surface area (Å²) in [6, 6.07) is 9.42. The van der Waals surface area contributed by atoms with Crippen LogP contribution in [0.5, 0.6) is 0 Å². The predicted molar refractivity (Wildman–Crippen MR) is 57.9 cm³/mol. The van der Waals surface area contributed by atoms with Gasteiger partial charge in [-0.3, -0.25) is 0 Å². The van der Waals surface area contributed by atoms with Gasteiger partial charge in [0.1, 0.15) is 0 Å². The molecular weight excluding hydrogens is 158 g/mol. The maximum absolute atomic E-state index is 3.59. The summed E-state index contributed by atoms with van der Waals surface area (Å²) in [6.07, 6.45) is 3.75. The second-order valence-electron chi connectivity index (χ2n) is 3.74. The summed E-state index contributed by atoms with van der Waals surface area (Å²) < 4.78 is 0. The van der Waals surface area contributed by atoms with Gasteiger partial charge in [-0.25, -0.2) is 0 Å². The summed E-state index contributed by atoms with van der Waals surface area (Å²) in [7, 11) is 0. The van der Waals surface area contributed by atoms with Crippen molar-refractivity contribution in [2.75, 3.05) is 6.54 Å². The van der Waals surface area contributed by atoms with Crippen LogP contribution in [0.1, 0.15) is 38.4 Å². The second kappa shape index (κ2) is 3.93. The first-order valence-corrected chi connectivity index (χ1v) is 5.23. The first-order valence-electron chi connectivity index (χ1n) is 5.23. The Kier molecular flexibility index (Phi) is 2.65. The number of aryl methyl sites for hydroxylation is 1. The Labute approximate surface area is 81.6 Å². The van der Waals surface area contributed by atoms with Crippen molar-refractivity contribution in [1.82, 2.24) is 5.32 Å². The number of benzene rings is 1. The Morgan fingerprint density at radius 2 is 2.31 bits per heavy atom. The molecule has 72 valence electrons. The summed E-state index contributed by atoms with van der Waals surface area (Å²) in [4.78, 5) is 0. The van der Waals surface area contributed by atoms with E-state index in [1.165, 1.54) is 30.4 Å². The van der Waals surface area contributed by atoms with Crippen LogP contribution in [-0.4, -0.2) is 6.54 Å². The zero-order valence-electron chi connectivity index (χ0n) is 8.22. The summed E-state index contributed by atoms with van der Waals surface area (Å²) >= 11 is 0. The lowest BCUT2D eigenvalue weighted by Crippen LogP contribution is -2.19. The number of hydrogen-bond donors (Lipinski definition) is 1. The van der Waals surface area contributed by atoms with E-state index in [2.05, 4.69) is 36.5 Å². The van der Waals surface area contributed by atoms with Crippen molar-refractivity contribution in [1.29, 1.82) is 0 Å². The smallest absolute Gasteiger partial charge is 0.0326 e. The summed E-state index contributed by atoms with van der Waals surface area (Å²) in [5.74, 6) is 0. The van der Waals surface area contributed by atoms with E-state index in [-0.39, 0.29) is 1.43 Å². The molecule has 1 heteroatoms. The summed E-state index contributed by atoms with van der Waals surface area (Å²) in [5, 5.41) is 3.59. The van der Waals surface area contributed by atoms with Gasteiger partial charge < -0.3 is 5.32 Å². The normalized spacial score (nSPS) is 20.2. The largest absolute Gasteiger partial charge is 0.310 e. The molecule has 0 aliphatic heterocycles. The monoisotopic (exact) mass is 177 g/mol. The average Bonchev–Trinajstić information content (AvgIpc) is 2.58. The van der Waals surface area contributed by atoms with Gasteiger partial charge in [-0.2, -0.15) is 0 Å². The highest BCUT2D eigenvalue weighted by molar-refractivity contribution is 5.34. The molecule has 1 aliphatic rings. The van der Waals surface area contributed by atoms with Crippen LogP contribution < -0.4 is 5.32 Å². The number of rotatable bonds is 3. The van der Waals surface area contributed by atoms with Crippen molar-refractivity contribution in [3.05, 3.63) is 35.4 Å². The molecule has 0 fully saturated rings. The summed E-state index contributed by atoms with van der Waals surface area (Å²) in [6.45, 7) is 3.35. The van der Waals surface area contributed by atoms with E-state index in [9.17, 15) is 0 Å². The molecule has 1 nitrogen and oxygen atoms in total. The molecule has 0 spiro atoms. The molecule has 0 saturated carbocycles. The Balaban J connectivity index is 0.000000980. The lowest BCUT2D eigenvalue weighted by atomic mass is 10.1. The number of hydrogen-bond acceptors (Lipinski definition) is 1. The third-order valence-electron chi connectivity index (χ3n) is 2.77. The van der Waals surface area contributed by atoms with Crippen LogP contribution in [0.15, 0.2) is 24.3 Å². The molecule has 2 rings (SSSR count). The highest BCUT2D eigenvalue weighted by Gasteiger charge is 2.20. The molecule has 0 radical (unpaired) electrons. The Morgan fingerprint density at radius 3 is 3.15 bits per heavy atom. The van der Waals surface area contributed by atoms with E-state index in [1.807, 2.05) is 0 Å². The van der Waals surface area contributed by atoms with Crippen molar-refractivity contribution in [2.45, 2.75) is 32.2 Å². The predicted octanol–water partition coefficient (Wildman–Crippen LogP) is 2.92. The molecular formula is C12H19N. The van der Waals surface area contributed by atoms with Crippen LogP contribution in [0.25, 0.3) is 0 Å². The molecule has 0 saturated heterocycles. The standard InChI is InChI=1S/C12H17N.H2/c1-2-9-13-12-8-7-10-5-3-4-6-11(10)12;/h3-6,12-13H,2,7-9H2,1H3;1H. The lowest BCUT2D eigenvalue weighted by molar-refractivity contribution is 0.529. The fourth-order valence-electron chi connectivity index (χ4n) is 2.09. The number of fused-ring (bicyclic) bond motifs is 1. The van der Waals surface area contributed by atoms with E-state index in [1.54, 1.807) is 0 Å². The molecule has 0 amide bonds. The van der Waals surface area contributed by atoms with E-state index >= 15 is 0 Å². The first kappa shape index (κ1) is 8.76. The van der Waals surface area contributed by atoms with Gasteiger partial charge in [-0.05, 0) is 36.9 Å². The molecule has 1 unspecified atom stereocenters. The van der Waals surface area contributed by atoms with E-state index in [0.717, 1.165) is 6.54 Å². The zero-order chi connectivity index (χ0) is 9.10. The van der Waals surface area contributed by atoms with E-state index < -0.39 is 0 Å². The third-order valence-corrected chi connectivity index (χ3v) is 2.77. The Hall–Kier alpha value is -0.820. The molecule has 0 heterocycles. The van der Waals surface area contributed by atoms with Crippen molar-refractivity contribution < 1.29 is 1.43 Å². The quantitative estimate of drug-likeness (QED) is 0.748. The minimum Gasteiger partial charge on any atom is -0.310 e. The maximum Gasteiger partial charge on any atom is 0.0326 e. The molecule has 0 aromatic heterocycles. The second-order valence-corrected chi connectivity index (χ2v) is 3.74. The number of nitrogens with one attached hydrogen (secondary N) is 1. The highest BCUT2D eigenvalue weighted by atomic mass is 14.9. The van der Waals surface area contributed by atoms with Crippen LogP contribution in [0.3, 0.4) is 0 Å². The molecule has 1 aliphatic carbocycles. The van der Waals surface area contributed by atoms with Crippen LogP contribution in [-0.2, 0) is 6.42 Å². The van der Waals surface area contributed by atoms with Gasteiger partial charge in [-0.1, -0.05) is 31.2 Å². The average molecular weight is 177 g/mol. The highest BCUT2D eigenvalue weighted by Crippen LogP contribution is 2.30. The van der Waals surface area contributed by atoms with E-state index in [4.69, 9.17) is 0 Å². The van der Waals surface area contributed by atoms with Crippen molar-refractivity contribution in [2.24, 2.45) is 0 Å². The van der Waals surface area contributed by atoms with Crippen LogP contribution in [0.2, 0.25) is 0 Å². The van der Waals surface area contributed by atoms with Gasteiger partial charge in [0.15, 0.2) is 0 Å². The molecule has 1 aromatic rings. The molecule has 13 heavy (non-hydrogen) atoms. The van der Waals surface area contributed by atoms with Gasteiger partial charge in [0.25, 0.3) is 0 Å². The molecule has 0 bridgehead atoms. The van der Waals surface area contributed by atoms with Gasteiger partial charge in [-0.15, -0.1) is 0 Å². The minimum absolute atomic E-state index is 0. The zero-order valence-corrected chi connectivity index (χ0v) is 8.22. The van der Waals surface area contributed by atoms with Crippen molar-refractivity contribution in [3.63, 3.8) is 0 Å². The van der Waals surface area contributed by atoms with Crippen LogP contribution in [0, 0.1) is 0 Å². The fourth-order valence-corrected chi connectivity index (χ4v) is 2.09. The van der Waals surface area contributed by atoms with Gasteiger partial charge in [0, 0.05) is 7.47 Å². The molecule has 1 atom stereocenters. The van der Waals surface area contributed by atoms with Crippen LogP contribution in [0.4, 0.5) is 0 Å². The van der Waals surface area contributed by atoms with Gasteiger partial charge in [0.05, 0.1) is 0 Å². The molecule has 1 N–H and O–H groups in total. The van der Waals surface area contributed by atoms with Crippen LogP contribution >= 0.6 is 0 Å². The fraction of sp³-hybridized carbons (Fsp3) is 0.500. The van der Waals surface area contributed by atoms with Crippen molar-refractivity contribution >= 4 is 0 Å². The lowest BCUT2D eigenvalue weighted by Gasteiger charge is -2.12. The van der Waals surface area contributed by atoms with Crippen molar-refractivity contribution in [3.8, 4) is 0 Å². The topological polar surface area (TPSA) is 12.0 Å². The maximum atomic E-state index is 3.59. The van der Waals surface area contributed by atoms with Gasteiger partial charge in [0.2, 0.25) is 0 Å². The third kappa shape index (κ3) is 1.75. The Morgan fingerprint density at radius 1 is 1.46 bits per heavy atom. The SMILES string of the molecule is CCCNC1CCc2ccccc21.[HH]. The summed E-state index contributed by atoms with van der Waals surface area (Å²) in [5.41, 5.74) is 3.06. The van der Waals surface area contributed by atoms with E-state index in [0.29, 0.717) is 6.04 Å². The molecule has 1 aromatic carbocycles. The Bertz CT molecular complexity index is 285. The van der Waals surface area contributed by atoms with Gasteiger partial charge >= 0.3 is 0 Å².